The van der Waals surface area contributed by atoms with Crippen molar-refractivity contribution in [1.29, 1.82) is 0 Å². The van der Waals surface area contributed by atoms with Crippen LogP contribution in [0.4, 0.5) is 0 Å². The van der Waals surface area contributed by atoms with Crippen LogP contribution in [0.25, 0.3) is 0 Å². The predicted molar refractivity (Wildman–Crippen MR) is 54.3 cm³/mol. The molecule has 1 aliphatic carbocycles. The minimum absolute atomic E-state index is 0.655. The highest BCUT2D eigenvalue weighted by molar-refractivity contribution is 4.72. The summed E-state index contributed by atoms with van der Waals surface area (Å²) in [5, 5.41) is 3.54. The van der Waals surface area contributed by atoms with Crippen LogP contribution >= 0.6 is 0 Å². The minimum Gasteiger partial charge on any atom is -0.314 e. The van der Waals surface area contributed by atoms with Gasteiger partial charge in [0, 0.05) is 6.04 Å². The molecule has 1 rings (SSSR count). The maximum atomic E-state index is 3.54. The first-order valence-electron chi connectivity index (χ1n) is 5.42. The van der Waals surface area contributed by atoms with Crippen LogP contribution in [0.15, 0.2) is 0 Å². The summed E-state index contributed by atoms with van der Waals surface area (Å²) >= 11 is 0. The smallest absolute Gasteiger partial charge is 0.00104 e. The highest BCUT2D eigenvalue weighted by Crippen LogP contribution is 2.27. The Bertz CT molecular complexity index is 120. The Balaban J connectivity index is 2.14. The normalized spacial score (nSPS) is 31.0. The molecule has 0 saturated heterocycles. The van der Waals surface area contributed by atoms with Crippen LogP contribution in [-0.2, 0) is 0 Å². The summed E-state index contributed by atoms with van der Waals surface area (Å²) < 4.78 is 0. The van der Waals surface area contributed by atoms with E-state index in [0.717, 1.165) is 11.8 Å². The van der Waals surface area contributed by atoms with Gasteiger partial charge in [0.05, 0.1) is 0 Å². The quantitative estimate of drug-likeness (QED) is 0.685. The van der Waals surface area contributed by atoms with Crippen molar-refractivity contribution < 1.29 is 0 Å². The highest BCUT2D eigenvalue weighted by atomic mass is 14.9. The van der Waals surface area contributed by atoms with Crippen molar-refractivity contribution in [2.24, 2.45) is 11.8 Å². The van der Waals surface area contributed by atoms with E-state index in [0.29, 0.717) is 6.04 Å². The van der Waals surface area contributed by atoms with Gasteiger partial charge in [-0.05, 0) is 31.2 Å². The van der Waals surface area contributed by atoms with Gasteiger partial charge in [0.25, 0.3) is 0 Å². The Morgan fingerprint density at radius 2 is 2.08 bits per heavy atom. The topological polar surface area (TPSA) is 12.0 Å². The van der Waals surface area contributed by atoms with Crippen LogP contribution in [0, 0.1) is 11.8 Å². The molecule has 0 aromatic carbocycles. The molecule has 72 valence electrons. The van der Waals surface area contributed by atoms with Gasteiger partial charge >= 0.3 is 0 Å². The Labute approximate surface area is 76.9 Å². The Morgan fingerprint density at radius 3 is 2.67 bits per heavy atom. The van der Waals surface area contributed by atoms with E-state index in [9.17, 15) is 0 Å². The molecule has 0 aromatic rings. The summed E-state index contributed by atoms with van der Waals surface area (Å²) in [7, 11) is 0. The fourth-order valence-electron chi connectivity index (χ4n) is 2.15. The predicted octanol–water partition coefficient (Wildman–Crippen LogP) is 2.81. The van der Waals surface area contributed by atoms with Crippen LogP contribution in [0.1, 0.15) is 46.5 Å². The molecule has 2 atom stereocenters. The lowest BCUT2D eigenvalue weighted by atomic mass is 9.82. The van der Waals surface area contributed by atoms with Gasteiger partial charge in [-0.2, -0.15) is 0 Å². The fourth-order valence-corrected chi connectivity index (χ4v) is 2.15. The lowest BCUT2D eigenvalue weighted by Crippen LogP contribution is -2.31. The molecule has 0 radical (unpaired) electrons. The number of hydrogen-bond donors (Lipinski definition) is 1. The number of nitrogens with one attached hydrogen (secondary N) is 1. The van der Waals surface area contributed by atoms with Gasteiger partial charge in [-0.3, -0.25) is 0 Å². The second kappa shape index (κ2) is 4.86. The van der Waals surface area contributed by atoms with E-state index in [2.05, 4.69) is 26.1 Å². The lowest BCUT2D eigenvalue weighted by molar-refractivity contribution is 0.270. The summed E-state index contributed by atoms with van der Waals surface area (Å²) in [6.45, 7) is 8.09. The van der Waals surface area contributed by atoms with E-state index in [-0.39, 0.29) is 0 Å². The standard InChI is InChI=1S/C11H23N/c1-9(2)12-8-11-6-4-5-10(3)7-11/h9-12H,4-8H2,1-3H3. The zero-order chi connectivity index (χ0) is 8.97. The molecule has 0 aliphatic heterocycles. The molecule has 1 N–H and O–H groups in total. The second-order valence-corrected chi connectivity index (χ2v) is 4.70. The molecular weight excluding hydrogens is 146 g/mol. The van der Waals surface area contributed by atoms with Crippen LogP contribution in [0.3, 0.4) is 0 Å². The molecule has 1 nitrogen and oxygen atoms in total. The summed E-state index contributed by atoms with van der Waals surface area (Å²) in [4.78, 5) is 0. The third-order valence-electron chi connectivity index (χ3n) is 2.86. The largest absolute Gasteiger partial charge is 0.314 e. The lowest BCUT2D eigenvalue weighted by Gasteiger charge is -2.27. The minimum atomic E-state index is 0.655. The van der Waals surface area contributed by atoms with Gasteiger partial charge in [-0.25, -0.2) is 0 Å². The second-order valence-electron chi connectivity index (χ2n) is 4.70. The van der Waals surface area contributed by atoms with Crippen LogP contribution < -0.4 is 5.32 Å². The molecule has 0 amide bonds. The molecule has 0 spiro atoms. The van der Waals surface area contributed by atoms with Gasteiger partial charge in [0.15, 0.2) is 0 Å². The van der Waals surface area contributed by atoms with E-state index in [1.807, 2.05) is 0 Å². The zero-order valence-corrected chi connectivity index (χ0v) is 8.77. The van der Waals surface area contributed by atoms with Crippen LogP contribution in [-0.4, -0.2) is 12.6 Å². The van der Waals surface area contributed by atoms with E-state index in [1.165, 1.54) is 32.2 Å². The van der Waals surface area contributed by atoms with Gasteiger partial charge in [-0.15, -0.1) is 0 Å². The van der Waals surface area contributed by atoms with Gasteiger partial charge in [0.2, 0.25) is 0 Å². The molecule has 0 bridgehead atoms. The first kappa shape index (κ1) is 10.0. The van der Waals surface area contributed by atoms with Crippen molar-refractivity contribution in [2.45, 2.75) is 52.5 Å². The third kappa shape index (κ3) is 3.57. The van der Waals surface area contributed by atoms with E-state index in [4.69, 9.17) is 0 Å². The fraction of sp³-hybridized carbons (Fsp3) is 1.00. The molecule has 2 unspecified atom stereocenters. The summed E-state index contributed by atoms with van der Waals surface area (Å²) in [5.41, 5.74) is 0. The summed E-state index contributed by atoms with van der Waals surface area (Å²) in [6, 6.07) is 0.655. The third-order valence-corrected chi connectivity index (χ3v) is 2.86. The van der Waals surface area contributed by atoms with E-state index in [1.54, 1.807) is 0 Å². The van der Waals surface area contributed by atoms with Crippen molar-refractivity contribution >= 4 is 0 Å². The molecule has 0 aromatic heterocycles. The first-order valence-corrected chi connectivity index (χ1v) is 5.42. The van der Waals surface area contributed by atoms with E-state index < -0.39 is 0 Å². The average Bonchev–Trinajstić information content (AvgIpc) is 2.01. The monoisotopic (exact) mass is 169 g/mol. The van der Waals surface area contributed by atoms with Crippen LogP contribution in [0.2, 0.25) is 0 Å². The number of rotatable bonds is 3. The van der Waals surface area contributed by atoms with Gasteiger partial charge < -0.3 is 5.32 Å². The molecule has 1 heteroatoms. The van der Waals surface area contributed by atoms with Crippen LogP contribution in [0.5, 0.6) is 0 Å². The van der Waals surface area contributed by atoms with E-state index >= 15 is 0 Å². The average molecular weight is 169 g/mol. The maximum absolute atomic E-state index is 3.54. The van der Waals surface area contributed by atoms with Crippen molar-refractivity contribution in [1.82, 2.24) is 5.32 Å². The zero-order valence-electron chi connectivity index (χ0n) is 8.77. The first-order chi connectivity index (χ1) is 5.68. The number of hydrogen-bond acceptors (Lipinski definition) is 1. The molecule has 1 fully saturated rings. The van der Waals surface area contributed by atoms with Crippen molar-refractivity contribution in [3.8, 4) is 0 Å². The molecule has 1 saturated carbocycles. The molecule has 1 aliphatic rings. The molecule has 12 heavy (non-hydrogen) atoms. The molecule has 0 heterocycles. The highest BCUT2D eigenvalue weighted by Gasteiger charge is 2.18. The SMILES string of the molecule is CC1CCCC(CNC(C)C)C1. The summed E-state index contributed by atoms with van der Waals surface area (Å²) in [6.07, 6.45) is 5.80. The Hall–Kier alpha value is -0.0400. The van der Waals surface area contributed by atoms with Gasteiger partial charge in [-0.1, -0.05) is 33.6 Å². The summed E-state index contributed by atoms with van der Waals surface area (Å²) in [5.74, 6) is 1.92. The maximum Gasteiger partial charge on any atom is 0.00104 e. The van der Waals surface area contributed by atoms with Crippen molar-refractivity contribution in [3.63, 3.8) is 0 Å². The Morgan fingerprint density at radius 1 is 1.33 bits per heavy atom. The van der Waals surface area contributed by atoms with Crippen molar-refractivity contribution in [2.75, 3.05) is 6.54 Å². The molecular formula is C11H23N. The van der Waals surface area contributed by atoms with Gasteiger partial charge in [0.1, 0.15) is 0 Å². The van der Waals surface area contributed by atoms with Crippen molar-refractivity contribution in [3.05, 3.63) is 0 Å². The Kier molecular flexibility index (Phi) is 4.07.